The van der Waals surface area contributed by atoms with Crippen molar-refractivity contribution >= 4 is 17.2 Å². The maximum Gasteiger partial charge on any atom is 0.229 e. The first-order valence-corrected chi connectivity index (χ1v) is 10.1. The summed E-state index contributed by atoms with van der Waals surface area (Å²) in [7, 11) is 0. The molecule has 1 atom stereocenters. The van der Waals surface area contributed by atoms with Gasteiger partial charge in [0.1, 0.15) is 5.82 Å². The van der Waals surface area contributed by atoms with E-state index in [9.17, 15) is 9.18 Å². The van der Waals surface area contributed by atoms with Gasteiger partial charge in [0.15, 0.2) is 0 Å². The second-order valence-corrected chi connectivity index (χ2v) is 7.75. The number of carbonyl (C=O) groups is 1. The maximum absolute atomic E-state index is 13.0. The van der Waals surface area contributed by atoms with Crippen molar-refractivity contribution in [2.24, 2.45) is 0 Å². The van der Waals surface area contributed by atoms with Gasteiger partial charge < -0.3 is 10.2 Å². The summed E-state index contributed by atoms with van der Waals surface area (Å²) in [6.07, 6.45) is 4.49. The molecular weight excluding hydrogens is 375 g/mol. The van der Waals surface area contributed by atoms with E-state index in [1.54, 1.807) is 18.3 Å². The Labute approximate surface area is 167 Å². The van der Waals surface area contributed by atoms with Gasteiger partial charge in [-0.1, -0.05) is 18.2 Å². The van der Waals surface area contributed by atoms with Crippen LogP contribution >= 0.6 is 11.3 Å². The summed E-state index contributed by atoms with van der Waals surface area (Å²) >= 11 is 1.54. The van der Waals surface area contributed by atoms with Crippen LogP contribution < -0.4 is 5.32 Å². The molecule has 3 aromatic rings. The van der Waals surface area contributed by atoms with E-state index in [4.69, 9.17) is 0 Å². The van der Waals surface area contributed by atoms with Gasteiger partial charge in [-0.15, -0.1) is 11.3 Å². The molecule has 7 heteroatoms. The first-order chi connectivity index (χ1) is 13.7. The zero-order valence-corrected chi connectivity index (χ0v) is 16.2. The number of hydrogen-bond donors (Lipinski definition) is 1. The monoisotopic (exact) mass is 396 g/mol. The van der Waals surface area contributed by atoms with Gasteiger partial charge in [-0.05, 0) is 29.3 Å². The van der Waals surface area contributed by atoms with Crippen LogP contribution in [-0.2, 0) is 17.6 Å². The third kappa shape index (κ3) is 4.43. The fourth-order valence-corrected chi connectivity index (χ4v) is 4.25. The molecular formula is C21H21FN4OS. The third-order valence-electron chi connectivity index (χ3n) is 4.83. The molecule has 1 aliphatic heterocycles. The fourth-order valence-electron chi connectivity index (χ4n) is 3.42. The lowest BCUT2D eigenvalue weighted by Crippen LogP contribution is -2.49. The molecule has 1 unspecified atom stereocenters. The molecule has 0 saturated carbocycles. The van der Waals surface area contributed by atoms with Crippen molar-refractivity contribution in [1.82, 2.24) is 20.2 Å². The first kappa shape index (κ1) is 18.7. The van der Waals surface area contributed by atoms with Crippen molar-refractivity contribution in [3.8, 4) is 0 Å². The Morgan fingerprint density at radius 3 is 2.93 bits per heavy atom. The van der Waals surface area contributed by atoms with Crippen LogP contribution in [0.4, 0.5) is 4.39 Å². The van der Waals surface area contributed by atoms with Crippen LogP contribution in [0.25, 0.3) is 0 Å². The van der Waals surface area contributed by atoms with Crippen LogP contribution in [0.15, 0.2) is 54.2 Å². The van der Waals surface area contributed by atoms with Crippen LogP contribution in [0.3, 0.4) is 0 Å². The highest BCUT2D eigenvalue weighted by atomic mass is 32.1. The number of pyridine rings is 1. The molecule has 144 valence electrons. The van der Waals surface area contributed by atoms with Crippen LogP contribution in [0.5, 0.6) is 0 Å². The van der Waals surface area contributed by atoms with Crippen molar-refractivity contribution in [1.29, 1.82) is 0 Å². The van der Waals surface area contributed by atoms with E-state index in [1.165, 1.54) is 23.5 Å². The Morgan fingerprint density at radius 1 is 1.29 bits per heavy atom. The lowest BCUT2D eigenvalue weighted by atomic mass is 10.0. The van der Waals surface area contributed by atoms with Gasteiger partial charge in [-0.2, -0.15) is 0 Å². The quantitative estimate of drug-likeness (QED) is 0.720. The highest BCUT2D eigenvalue weighted by Crippen LogP contribution is 2.23. The third-order valence-corrected chi connectivity index (χ3v) is 5.73. The number of piperazine rings is 1. The first-order valence-electron chi connectivity index (χ1n) is 9.27. The van der Waals surface area contributed by atoms with Gasteiger partial charge >= 0.3 is 0 Å². The minimum Gasteiger partial charge on any atom is -0.333 e. The van der Waals surface area contributed by atoms with E-state index in [0.717, 1.165) is 34.9 Å². The number of nitrogens with zero attached hydrogens (tertiary/aromatic N) is 3. The average Bonchev–Trinajstić information content (AvgIpc) is 3.17. The average molecular weight is 396 g/mol. The van der Waals surface area contributed by atoms with Crippen LogP contribution in [0, 0.1) is 5.82 Å². The second kappa shape index (κ2) is 8.58. The number of halogens is 1. The number of thiazole rings is 1. The SMILES string of the molecule is O=C(Cc1csc(Cc2ccc(F)cc2)n1)N1CCNCC1c1cccnc1. The van der Waals surface area contributed by atoms with Crippen molar-refractivity contribution < 1.29 is 9.18 Å². The van der Waals surface area contributed by atoms with E-state index in [2.05, 4.69) is 15.3 Å². The minimum atomic E-state index is -0.242. The molecule has 1 fully saturated rings. The topological polar surface area (TPSA) is 58.1 Å². The van der Waals surface area contributed by atoms with E-state index in [1.807, 2.05) is 28.6 Å². The normalized spacial score (nSPS) is 16.9. The lowest BCUT2D eigenvalue weighted by molar-refractivity contribution is -0.133. The lowest BCUT2D eigenvalue weighted by Gasteiger charge is -2.36. The molecule has 2 aromatic heterocycles. The van der Waals surface area contributed by atoms with E-state index in [-0.39, 0.29) is 24.2 Å². The summed E-state index contributed by atoms with van der Waals surface area (Å²) in [6, 6.07) is 10.3. The molecule has 1 saturated heterocycles. The molecule has 1 amide bonds. The molecule has 0 spiro atoms. The fraction of sp³-hybridized carbons (Fsp3) is 0.286. The number of amides is 1. The summed E-state index contributed by atoms with van der Waals surface area (Å²) in [4.78, 5) is 23.7. The van der Waals surface area contributed by atoms with E-state index < -0.39 is 0 Å². The molecule has 5 nitrogen and oxygen atoms in total. The highest BCUT2D eigenvalue weighted by Gasteiger charge is 2.28. The predicted octanol–water partition coefficient (Wildman–Crippen LogP) is 2.98. The Morgan fingerprint density at radius 2 is 2.14 bits per heavy atom. The maximum atomic E-state index is 13.0. The Bertz CT molecular complexity index is 929. The molecule has 3 heterocycles. The number of rotatable bonds is 5. The van der Waals surface area contributed by atoms with Gasteiger partial charge in [0.25, 0.3) is 0 Å². The molecule has 0 radical (unpaired) electrons. The zero-order chi connectivity index (χ0) is 19.3. The summed E-state index contributed by atoms with van der Waals surface area (Å²) in [5.41, 5.74) is 2.83. The zero-order valence-electron chi connectivity index (χ0n) is 15.3. The largest absolute Gasteiger partial charge is 0.333 e. The van der Waals surface area contributed by atoms with Crippen molar-refractivity contribution in [2.75, 3.05) is 19.6 Å². The van der Waals surface area contributed by atoms with E-state index >= 15 is 0 Å². The number of carbonyl (C=O) groups excluding carboxylic acids is 1. The van der Waals surface area contributed by atoms with Gasteiger partial charge in [-0.25, -0.2) is 9.37 Å². The Kier molecular flexibility index (Phi) is 5.73. The molecule has 1 aromatic carbocycles. The Balaban J connectivity index is 1.42. The van der Waals surface area contributed by atoms with Crippen LogP contribution in [0.2, 0.25) is 0 Å². The van der Waals surface area contributed by atoms with Gasteiger partial charge in [0.2, 0.25) is 5.91 Å². The molecule has 28 heavy (non-hydrogen) atoms. The molecule has 1 N–H and O–H groups in total. The highest BCUT2D eigenvalue weighted by molar-refractivity contribution is 7.09. The standard InChI is InChI=1S/C21H21FN4OS/c22-17-5-3-15(4-6-17)10-20-25-18(14-28-20)11-21(27)26-9-8-24-13-19(26)16-2-1-7-23-12-16/h1-7,12,14,19,24H,8-11,13H2. The number of hydrogen-bond acceptors (Lipinski definition) is 5. The minimum absolute atomic E-state index is 0.00716. The molecule has 0 bridgehead atoms. The van der Waals surface area contributed by atoms with Crippen LogP contribution in [-0.4, -0.2) is 40.4 Å². The summed E-state index contributed by atoms with van der Waals surface area (Å²) in [5.74, 6) is -0.164. The molecule has 4 rings (SSSR count). The van der Waals surface area contributed by atoms with Crippen molar-refractivity contribution in [2.45, 2.75) is 18.9 Å². The van der Waals surface area contributed by atoms with Crippen molar-refractivity contribution in [3.05, 3.63) is 81.8 Å². The summed E-state index contributed by atoms with van der Waals surface area (Å²) in [5, 5.41) is 6.23. The van der Waals surface area contributed by atoms with Crippen molar-refractivity contribution in [3.63, 3.8) is 0 Å². The van der Waals surface area contributed by atoms with Gasteiger partial charge in [-0.3, -0.25) is 9.78 Å². The smallest absolute Gasteiger partial charge is 0.229 e. The molecule has 0 aliphatic carbocycles. The number of aromatic nitrogens is 2. The van der Waals surface area contributed by atoms with Gasteiger partial charge in [0, 0.05) is 43.8 Å². The number of benzene rings is 1. The predicted molar refractivity (Wildman–Crippen MR) is 107 cm³/mol. The van der Waals surface area contributed by atoms with Gasteiger partial charge in [0.05, 0.1) is 23.2 Å². The summed E-state index contributed by atoms with van der Waals surface area (Å²) < 4.78 is 13.0. The summed E-state index contributed by atoms with van der Waals surface area (Å²) in [6.45, 7) is 2.19. The molecule has 1 aliphatic rings. The van der Waals surface area contributed by atoms with E-state index in [0.29, 0.717) is 13.0 Å². The number of nitrogens with one attached hydrogen (secondary N) is 1. The second-order valence-electron chi connectivity index (χ2n) is 6.81. The Hall–Kier alpha value is -2.64. The van der Waals surface area contributed by atoms with Crippen LogP contribution in [0.1, 0.15) is 27.9 Å².